The quantitative estimate of drug-likeness (QED) is 0.782. The molecular weight excluding hydrogens is 355 g/mol. The number of rotatable bonds is 5. The molecule has 1 aliphatic carbocycles. The first-order valence-electron chi connectivity index (χ1n) is 7.91. The largest absolute Gasteiger partial charge is 0.471 e. The number of thiophene rings is 1. The minimum Gasteiger partial charge on any atom is -0.335 e. The van der Waals surface area contributed by atoms with Crippen molar-refractivity contribution in [1.29, 1.82) is 0 Å². The molecule has 0 bridgehead atoms. The van der Waals surface area contributed by atoms with Crippen molar-refractivity contribution >= 4 is 17.2 Å². The molecule has 0 saturated heterocycles. The maximum atomic E-state index is 12.6. The number of hydrogen-bond donors (Lipinski definition) is 0. The van der Waals surface area contributed by atoms with E-state index in [0.717, 1.165) is 17.7 Å². The van der Waals surface area contributed by atoms with Crippen LogP contribution >= 0.6 is 11.3 Å². The Morgan fingerprint density at radius 1 is 1.40 bits per heavy atom. The number of carbonyl (C=O) groups is 1. The van der Waals surface area contributed by atoms with E-state index < -0.39 is 12.1 Å². The highest BCUT2D eigenvalue weighted by molar-refractivity contribution is 7.15. The molecule has 1 fully saturated rings. The van der Waals surface area contributed by atoms with Crippen molar-refractivity contribution in [3.05, 3.63) is 22.9 Å². The molecule has 1 saturated carbocycles. The summed E-state index contributed by atoms with van der Waals surface area (Å²) in [6.45, 7) is 6.28. The van der Waals surface area contributed by atoms with Gasteiger partial charge in [-0.05, 0) is 38.8 Å². The molecule has 9 heteroatoms. The van der Waals surface area contributed by atoms with Gasteiger partial charge in [0.25, 0.3) is 0 Å². The van der Waals surface area contributed by atoms with Crippen LogP contribution in [0.4, 0.5) is 13.2 Å². The van der Waals surface area contributed by atoms with Crippen LogP contribution in [0, 0.1) is 5.41 Å². The summed E-state index contributed by atoms with van der Waals surface area (Å²) in [6, 6.07) is 3.46. The highest BCUT2D eigenvalue weighted by Gasteiger charge is 2.47. The third kappa shape index (κ3) is 3.70. The summed E-state index contributed by atoms with van der Waals surface area (Å²) in [5.41, 5.74) is -0.264. The summed E-state index contributed by atoms with van der Waals surface area (Å²) in [6.07, 6.45) is -2.87. The van der Waals surface area contributed by atoms with Crippen molar-refractivity contribution in [2.45, 2.75) is 52.4 Å². The predicted octanol–water partition coefficient (Wildman–Crippen LogP) is 4.35. The second kappa shape index (κ2) is 6.12. The summed E-state index contributed by atoms with van der Waals surface area (Å²) < 4.78 is 41.9. The van der Waals surface area contributed by atoms with Gasteiger partial charge >= 0.3 is 12.1 Å². The normalized spacial score (nSPS) is 16.3. The minimum absolute atomic E-state index is 0.0393. The number of carbonyl (C=O) groups excluding carboxylic acids is 1. The smallest absolute Gasteiger partial charge is 0.335 e. The molecule has 0 aromatic carbocycles. The predicted molar refractivity (Wildman–Crippen MR) is 85.6 cm³/mol. The minimum atomic E-state index is -4.66. The monoisotopic (exact) mass is 373 g/mol. The topological polar surface area (TPSA) is 59.2 Å². The molecule has 2 heterocycles. The van der Waals surface area contributed by atoms with E-state index in [2.05, 4.69) is 14.7 Å². The van der Waals surface area contributed by atoms with Crippen molar-refractivity contribution < 1.29 is 22.5 Å². The van der Waals surface area contributed by atoms with Crippen LogP contribution in [0.2, 0.25) is 0 Å². The lowest BCUT2D eigenvalue weighted by molar-refractivity contribution is -0.159. The summed E-state index contributed by atoms with van der Waals surface area (Å²) in [4.78, 5) is 19.2. The second-order valence-electron chi connectivity index (χ2n) is 6.77. The van der Waals surface area contributed by atoms with E-state index in [4.69, 9.17) is 0 Å². The van der Waals surface area contributed by atoms with Gasteiger partial charge in [-0.3, -0.25) is 4.79 Å². The number of nitrogens with zero attached hydrogens (tertiary/aromatic N) is 3. The van der Waals surface area contributed by atoms with Gasteiger partial charge in [0.05, 0.1) is 11.4 Å². The van der Waals surface area contributed by atoms with E-state index in [0.29, 0.717) is 11.4 Å². The van der Waals surface area contributed by atoms with E-state index in [1.807, 2.05) is 20.8 Å². The molecule has 1 aliphatic rings. The summed E-state index contributed by atoms with van der Waals surface area (Å²) in [5, 5.41) is 3.39. The molecule has 136 valence electrons. The van der Waals surface area contributed by atoms with Crippen molar-refractivity contribution in [3.63, 3.8) is 0 Å². The number of amides is 1. The Morgan fingerprint density at radius 2 is 2.08 bits per heavy atom. The average Bonchev–Trinajstić information content (AvgIpc) is 2.95. The Morgan fingerprint density at radius 3 is 2.60 bits per heavy atom. The number of hydrogen-bond acceptors (Lipinski definition) is 5. The molecular formula is C16H18F3N3O2S. The highest BCUT2D eigenvalue weighted by atomic mass is 32.1. The van der Waals surface area contributed by atoms with Crippen molar-refractivity contribution in [2.75, 3.05) is 0 Å². The van der Waals surface area contributed by atoms with Crippen LogP contribution in [-0.4, -0.2) is 27.0 Å². The Labute approximate surface area is 146 Å². The van der Waals surface area contributed by atoms with Crippen molar-refractivity contribution in [3.8, 4) is 10.7 Å². The second-order valence-corrected chi connectivity index (χ2v) is 7.94. The number of aromatic nitrogens is 2. The maximum Gasteiger partial charge on any atom is 0.471 e. The molecule has 25 heavy (non-hydrogen) atoms. The Kier molecular flexibility index (Phi) is 4.38. The fourth-order valence-electron chi connectivity index (χ4n) is 2.43. The average molecular weight is 373 g/mol. The zero-order chi connectivity index (χ0) is 18.4. The number of halogens is 3. The molecule has 0 unspecified atom stereocenters. The summed E-state index contributed by atoms with van der Waals surface area (Å²) in [5.74, 6) is -1.34. The molecule has 0 atom stereocenters. The van der Waals surface area contributed by atoms with Gasteiger partial charge in [0.15, 0.2) is 0 Å². The van der Waals surface area contributed by atoms with Gasteiger partial charge in [-0.2, -0.15) is 18.2 Å². The molecule has 1 amide bonds. The van der Waals surface area contributed by atoms with E-state index in [1.165, 1.54) is 11.3 Å². The standard InChI is InChI=1S/C16H18F3N3O2S/c1-9(2)22(14(23)15(3)6-7-15)8-10-4-5-11(25-10)12-20-13(24-21-12)16(17,18)19/h4-5,9H,6-8H2,1-3H3. The van der Waals surface area contributed by atoms with Gasteiger partial charge in [0.2, 0.25) is 11.7 Å². The maximum absolute atomic E-state index is 12.6. The Bertz CT molecular complexity index is 778. The fourth-order valence-corrected chi connectivity index (χ4v) is 3.36. The molecule has 0 spiro atoms. The molecule has 2 aromatic rings. The van der Waals surface area contributed by atoms with Crippen LogP contribution in [0.25, 0.3) is 10.7 Å². The first kappa shape index (κ1) is 17.9. The van der Waals surface area contributed by atoms with E-state index in [-0.39, 0.29) is 23.2 Å². The Balaban J connectivity index is 1.76. The van der Waals surface area contributed by atoms with Gasteiger partial charge in [-0.25, -0.2) is 0 Å². The highest BCUT2D eigenvalue weighted by Crippen LogP contribution is 2.47. The first-order valence-corrected chi connectivity index (χ1v) is 8.73. The van der Waals surface area contributed by atoms with Crippen LogP contribution in [-0.2, 0) is 17.5 Å². The van der Waals surface area contributed by atoms with E-state index >= 15 is 0 Å². The number of alkyl halides is 3. The van der Waals surface area contributed by atoms with E-state index in [9.17, 15) is 18.0 Å². The lowest BCUT2D eigenvalue weighted by Crippen LogP contribution is -2.40. The summed E-state index contributed by atoms with van der Waals surface area (Å²) in [7, 11) is 0. The summed E-state index contributed by atoms with van der Waals surface area (Å²) >= 11 is 1.26. The first-order chi connectivity index (χ1) is 11.6. The lowest BCUT2D eigenvalue weighted by Gasteiger charge is -2.29. The van der Waals surface area contributed by atoms with Crippen LogP contribution in [0.3, 0.4) is 0 Å². The van der Waals surface area contributed by atoms with Crippen molar-refractivity contribution in [1.82, 2.24) is 15.0 Å². The van der Waals surface area contributed by atoms with Crippen LogP contribution in [0.1, 0.15) is 44.4 Å². The molecule has 0 N–H and O–H groups in total. The van der Waals surface area contributed by atoms with Crippen LogP contribution in [0.15, 0.2) is 16.7 Å². The molecule has 2 aromatic heterocycles. The fraction of sp³-hybridized carbons (Fsp3) is 0.562. The van der Waals surface area contributed by atoms with Crippen LogP contribution < -0.4 is 0 Å². The third-order valence-electron chi connectivity index (χ3n) is 4.28. The van der Waals surface area contributed by atoms with Gasteiger partial charge in [-0.1, -0.05) is 12.1 Å². The van der Waals surface area contributed by atoms with Gasteiger partial charge < -0.3 is 9.42 Å². The Hall–Kier alpha value is -1.90. The van der Waals surface area contributed by atoms with Crippen molar-refractivity contribution in [2.24, 2.45) is 5.41 Å². The lowest BCUT2D eigenvalue weighted by atomic mass is 10.1. The third-order valence-corrected chi connectivity index (χ3v) is 5.34. The SMILES string of the molecule is CC(C)N(Cc1ccc(-c2noc(C(F)(F)F)n2)s1)C(=O)C1(C)CC1. The molecule has 3 rings (SSSR count). The zero-order valence-corrected chi connectivity index (χ0v) is 14.9. The van der Waals surface area contributed by atoms with E-state index in [1.54, 1.807) is 17.0 Å². The van der Waals surface area contributed by atoms with Gasteiger partial charge in [0, 0.05) is 16.3 Å². The van der Waals surface area contributed by atoms with Gasteiger partial charge in [-0.15, -0.1) is 11.3 Å². The molecule has 0 radical (unpaired) electrons. The zero-order valence-electron chi connectivity index (χ0n) is 14.1. The van der Waals surface area contributed by atoms with Gasteiger partial charge in [0.1, 0.15) is 0 Å². The molecule has 5 nitrogen and oxygen atoms in total. The molecule has 0 aliphatic heterocycles. The van der Waals surface area contributed by atoms with Crippen LogP contribution in [0.5, 0.6) is 0 Å².